The number of aliphatic imine (C=N–C) groups is 2. The molecule has 0 saturated carbocycles. The lowest BCUT2D eigenvalue weighted by atomic mass is 10.0. The predicted molar refractivity (Wildman–Crippen MR) is 91.9 cm³/mol. The number of hydrogen-bond acceptors (Lipinski definition) is 4. The largest absolute Gasteiger partial charge is 0.371 e. The Bertz CT molecular complexity index is 786. The first-order valence-corrected chi connectivity index (χ1v) is 7.94. The highest BCUT2D eigenvalue weighted by Gasteiger charge is 2.32. The Morgan fingerprint density at radius 3 is 2.73 bits per heavy atom. The van der Waals surface area contributed by atoms with E-state index in [4.69, 9.17) is 4.99 Å². The van der Waals surface area contributed by atoms with Crippen LogP contribution in [0.2, 0.25) is 0 Å². The number of aliphatic hydroxyl groups is 1. The summed E-state index contributed by atoms with van der Waals surface area (Å²) < 4.78 is 0.990. The van der Waals surface area contributed by atoms with Gasteiger partial charge in [-0.05, 0) is 18.2 Å². The molecule has 0 amide bonds. The highest BCUT2D eigenvalue weighted by molar-refractivity contribution is 9.10. The van der Waals surface area contributed by atoms with E-state index in [2.05, 4.69) is 39.1 Å². The number of fused-ring (bicyclic) bond motifs is 3. The summed E-state index contributed by atoms with van der Waals surface area (Å²) in [5.74, 6) is 0.821. The molecule has 0 aromatic heterocycles. The van der Waals surface area contributed by atoms with Crippen LogP contribution >= 0.6 is 15.9 Å². The standard InChI is InChI=1S/C17H14BrN3O/c18-12-6-7-14-13(8-12)17(11-4-2-1-3-5-11)20-9-15-19-10-16(22)21(14)15/h1-8,16,22H,9-10H2. The average Bonchev–Trinajstić information content (AvgIpc) is 2.82. The third kappa shape index (κ3) is 2.17. The number of rotatable bonds is 1. The van der Waals surface area contributed by atoms with Gasteiger partial charge in [0.2, 0.25) is 0 Å². The normalized spacial score (nSPS) is 19.9. The van der Waals surface area contributed by atoms with Gasteiger partial charge >= 0.3 is 0 Å². The fourth-order valence-electron chi connectivity index (χ4n) is 2.93. The third-order valence-electron chi connectivity index (χ3n) is 3.91. The Morgan fingerprint density at radius 1 is 1.09 bits per heavy atom. The van der Waals surface area contributed by atoms with Gasteiger partial charge < -0.3 is 5.11 Å². The number of amidine groups is 1. The summed E-state index contributed by atoms with van der Waals surface area (Å²) in [6.07, 6.45) is -0.611. The molecular formula is C17H14BrN3O. The van der Waals surface area contributed by atoms with Gasteiger partial charge in [0.25, 0.3) is 0 Å². The van der Waals surface area contributed by atoms with Gasteiger partial charge in [0.05, 0.1) is 24.5 Å². The zero-order chi connectivity index (χ0) is 15.1. The fraction of sp³-hybridized carbons (Fsp3) is 0.176. The van der Waals surface area contributed by atoms with E-state index in [9.17, 15) is 5.11 Å². The van der Waals surface area contributed by atoms with Crippen LogP contribution in [0, 0.1) is 0 Å². The topological polar surface area (TPSA) is 48.2 Å². The molecule has 0 saturated heterocycles. The van der Waals surface area contributed by atoms with Crippen molar-refractivity contribution in [2.45, 2.75) is 6.23 Å². The first-order chi connectivity index (χ1) is 10.7. The Morgan fingerprint density at radius 2 is 1.91 bits per heavy atom. The number of halogens is 1. The molecule has 0 radical (unpaired) electrons. The second-order valence-corrected chi connectivity index (χ2v) is 6.22. The van der Waals surface area contributed by atoms with E-state index in [1.165, 1.54) is 0 Å². The van der Waals surface area contributed by atoms with E-state index in [-0.39, 0.29) is 0 Å². The van der Waals surface area contributed by atoms with E-state index in [0.29, 0.717) is 13.1 Å². The minimum absolute atomic E-state index is 0.404. The average molecular weight is 356 g/mol. The van der Waals surface area contributed by atoms with Gasteiger partial charge in [-0.1, -0.05) is 46.3 Å². The molecule has 0 aliphatic carbocycles. The summed E-state index contributed by atoms with van der Waals surface area (Å²) in [5, 5.41) is 10.3. The highest BCUT2D eigenvalue weighted by atomic mass is 79.9. The van der Waals surface area contributed by atoms with E-state index < -0.39 is 6.23 Å². The van der Waals surface area contributed by atoms with Crippen molar-refractivity contribution in [3.8, 4) is 0 Å². The first-order valence-electron chi connectivity index (χ1n) is 7.14. The molecule has 1 unspecified atom stereocenters. The lowest BCUT2D eigenvalue weighted by Gasteiger charge is -2.24. The van der Waals surface area contributed by atoms with Crippen LogP contribution in [0.4, 0.5) is 5.69 Å². The summed E-state index contributed by atoms with van der Waals surface area (Å²) >= 11 is 3.54. The van der Waals surface area contributed by atoms with Crippen molar-refractivity contribution in [3.63, 3.8) is 0 Å². The molecule has 22 heavy (non-hydrogen) atoms. The van der Waals surface area contributed by atoms with Crippen molar-refractivity contribution in [2.24, 2.45) is 9.98 Å². The lowest BCUT2D eigenvalue weighted by molar-refractivity contribution is 0.201. The fourth-order valence-corrected chi connectivity index (χ4v) is 3.29. The molecule has 110 valence electrons. The third-order valence-corrected chi connectivity index (χ3v) is 4.41. The second kappa shape index (κ2) is 5.34. The van der Waals surface area contributed by atoms with Crippen LogP contribution in [0.15, 0.2) is 63.0 Å². The molecule has 2 aliphatic rings. The number of anilines is 1. The molecule has 4 nitrogen and oxygen atoms in total. The Hall–Kier alpha value is -1.98. The van der Waals surface area contributed by atoms with Crippen molar-refractivity contribution < 1.29 is 5.11 Å². The monoisotopic (exact) mass is 355 g/mol. The van der Waals surface area contributed by atoms with Crippen molar-refractivity contribution in [2.75, 3.05) is 18.0 Å². The molecular weight excluding hydrogens is 342 g/mol. The molecule has 2 aromatic rings. The number of benzene rings is 2. The number of hydrogen-bond donors (Lipinski definition) is 1. The van der Waals surface area contributed by atoms with E-state index in [1.54, 1.807) is 0 Å². The van der Waals surface area contributed by atoms with Crippen LogP contribution in [0.1, 0.15) is 11.1 Å². The van der Waals surface area contributed by atoms with Gasteiger partial charge in [-0.15, -0.1) is 0 Å². The van der Waals surface area contributed by atoms with Gasteiger partial charge in [-0.3, -0.25) is 14.9 Å². The summed E-state index contributed by atoms with van der Waals surface area (Å²) in [6.45, 7) is 0.884. The van der Waals surface area contributed by atoms with Gasteiger partial charge in [0, 0.05) is 15.6 Å². The number of aliphatic hydroxyl groups excluding tert-OH is 1. The minimum Gasteiger partial charge on any atom is -0.371 e. The Kier molecular flexibility index (Phi) is 3.32. The van der Waals surface area contributed by atoms with E-state index in [0.717, 1.165) is 32.8 Å². The molecule has 1 atom stereocenters. The second-order valence-electron chi connectivity index (χ2n) is 5.30. The summed E-state index contributed by atoms with van der Waals surface area (Å²) in [4.78, 5) is 11.1. The quantitative estimate of drug-likeness (QED) is 0.854. The summed E-state index contributed by atoms with van der Waals surface area (Å²) in [5.41, 5.74) is 3.96. The molecule has 1 N–H and O–H groups in total. The van der Waals surface area contributed by atoms with Crippen molar-refractivity contribution in [1.29, 1.82) is 0 Å². The zero-order valence-corrected chi connectivity index (χ0v) is 13.4. The Balaban J connectivity index is 1.94. The molecule has 2 heterocycles. The van der Waals surface area contributed by atoms with Crippen LogP contribution in [-0.4, -0.2) is 36.0 Å². The first kappa shape index (κ1) is 13.7. The predicted octanol–water partition coefficient (Wildman–Crippen LogP) is 2.84. The molecule has 0 bridgehead atoms. The maximum Gasteiger partial charge on any atom is 0.151 e. The van der Waals surface area contributed by atoms with Crippen molar-refractivity contribution in [3.05, 3.63) is 64.1 Å². The van der Waals surface area contributed by atoms with Crippen LogP contribution < -0.4 is 4.90 Å². The molecule has 2 aromatic carbocycles. The summed E-state index contributed by atoms with van der Waals surface area (Å²) in [7, 11) is 0. The van der Waals surface area contributed by atoms with Gasteiger partial charge in [0.1, 0.15) is 5.84 Å². The SMILES string of the molecule is OC1CN=C2CN=C(c3ccccc3)c3cc(Br)ccc3N21. The van der Waals surface area contributed by atoms with Gasteiger partial charge in [0.15, 0.2) is 6.23 Å². The zero-order valence-electron chi connectivity index (χ0n) is 11.8. The Labute approximate surface area is 137 Å². The molecule has 5 heteroatoms. The molecule has 0 spiro atoms. The van der Waals surface area contributed by atoms with Crippen LogP contribution in [-0.2, 0) is 0 Å². The van der Waals surface area contributed by atoms with E-state index >= 15 is 0 Å². The lowest BCUT2D eigenvalue weighted by Crippen LogP contribution is -2.37. The maximum atomic E-state index is 10.3. The minimum atomic E-state index is -0.611. The van der Waals surface area contributed by atoms with Crippen molar-refractivity contribution in [1.82, 2.24) is 0 Å². The van der Waals surface area contributed by atoms with Crippen LogP contribution in [0.3, 0.4) is 0 Å². The van der Waals surface area contributed by atoms with Crippen molar-refractivity contribution >= 4 is 33.2 Å². The molecule has 0 fully saturated rings. The smallest absolute Gasteiger partial charge is 0.151 e. The highest BCUT2D eigenvalue weighted by Crippen LogP contribution is 2.32. The van der Waals surface area contributed by atoms with Gasteiger partial charge in [-0.2, -0.15) is 0 Å². The van der Waals surface area contributed by atoms with Crippen LogP contribution in [0.5, 0.6) is 0 Å². The van der Waals surface area contributed by atoms with Gasteiger partial charge in [-0.25, -0.2) is 0 Å². The summed E-state index contributed by atoms with van der Waals surface area (Å²) in [6, 6.07) is 16.2. The molecule has 2 aliphatic heterocycles. The van der Waals surface area contributed by atoms with E-state index in [1.807, 2.05) is 35.2 Å². The maximum absolute atomic E-state index is 10.3. The molecule has 4 rings (SSSR count). The van der Waals surface area contributed by atoms with Crippen LogP contribution in [0.25, 0.3) is 0 Å². The number of nitrogens with zero attached hydrogens (tertiary/aromatic N) is 3.